The predicted molar refractivity (Wildman–Crippen MR) is 96.7 cm³/mol. The molecule has 0 radical (unpaired) electrons. The van der Waals surface area contributed by atoms with Gasteiger partial charge in [-0.05, 0) is 36.0 Å². The van der Waals surface area contributed by atoms with Gasteiger partial charge in [-0.2, -0.15) is 0 Å². The molecule has 0 aliphatic carbocycles. The van der Waals surface area contributed by atoms with Gasteiger partial charge in [-0.3, -0.25) is 19.8 Å². The van der Waals surface area contributed by atoms with Crippen molar-refractivity contribution in [2.24, 2.45) is 0 Å². The van der Waals surface area contributed by atoms with Gasteiger partial charge in [-0.25, -0.2) is 0 Å². The standard InChI is InChI=1S/C17H18N2O5S/c1-5-6-19-16(21)11(15(20)18-17(19)25)7-10-8-12(22-2)14(24-4)13(9-10)23-3/h5,7-9H,1,6H2,2-4H3,(H,18,20,25)/b11-7-. The molecule has 1 aromatic rings. The van der Waals surface area contributed by atoms with Crippen LogP contribution in [0.5, 0.6) is 17.2 Å². The minimum absolute atomic E-state index is 0.0512. The summed E-state index contributed by atoms with van der Waals surface area (Å²) < 4.78 is 15.8. The monoisotopic (exact) mass is 362 g/mol. The number of hydrogen-bond acceptors (Lipinski definition) is 6. The highest BCUT2D eigenvalue weighted by Gasteiger charge is 2.32. The van der Waals surface area contributed by atoms with E-state index in [0.29, 0.717) is 22.8 Å². The molecule has 132 valence electrons. The molecule has 2 amide bonds. The first-order chi connectivity index (χ1) is 12.0. The second-order valence-electron chi connectivity index (χ2n) is 4.98. The molecular weight excluding hydrogens is 344 g/mol. The van der Waals surface area contributed by atoms with E-state index in [1.165, 1.54) is 38.4 Å². The summed E-state index contributed by atoms with van der Waals surface area (Å²) in [6.07, 6.45) is 2.97. The van der Waals surface area contributed by atoms with Gasteiger partial charge >= 0.3 is 0 Å². The van der Waals surface area contributed by atoms with Crippen LogP contribution >= 0.6 is 12.2 Å². The fourth-order valence-electron chi connectivity index (χ4n) is 2.34. The summed E-state index contributed by atoms with van der Waals surface area (Å²) in [6, 6.07) is 3.28. The van der Waals surface area contributed by atoms with Crippen molar-refractivity contribution in [1.82, 2.24) is 10.2 Å². The number of carbonyl (C=O) groups is 2. The zero-order chi connectivity index (χ0) is 18.6. The third-order valence-corrected chi connectivity index (χ3v) is 3.82. The zero-order valence-corrected chi connectivity index (χ0v) is 14.9. The van der Waals surface area contributed by atoms with Crippen LogP contribution in [-0.2, 0) is 9.59 Å². The number of nitrogens with one attached hydrogen (secondary N) is 1. The SMILES string of the molecule is C=CCN1C(=O)/C(=C\c2cc(OC)c(OC)c(OC)c2)C(=O)NC1=S. The summed E-state index contributed by atoms with van der Waals surface area (Å²) in [5, 5.41) is 2.54. The molecule has 1 aliphatic heterocycles. The molecule has 25 heavy (non-hydrogen) atoms. The van der Waals surface area contributed by atoms with E-state index in [9.17, 15) is 9.59 Å². The van der Waals surface area contributed by atoms with E-state index >= 15 is 0 Å². The van der Waals surface area contributed by atoms with Gasteiger partial charge in [0, 0.05) is 6.54 Å². The molecule has 0 atom stereocenters. The van der Waals surface area contributed by atoms with Crippen molar-refractivity contribution in [1.29, 1.82) is 0 Å². The van der Waals surface area contributed by atoms with Crippen LogP contribution in [0.25, 0.3) is 6.08 Å². The lowest BCUT2D eigenvalue weighted by Gasteiger charge is -2.27. The number of rotatable bonds is 6. The molecule has 0 bridgehead atoms. The first kappa shape index (κ1) is 18.5. The molecule has 0 spiro atoms. The van der Waals surface area contributed by atoms with Crippen LogP contribution in [0.1, 0.15) is 5.56 Å². The number of amides is 2. The highest BCUT2D eigenvalue weighted by atomic mass is 32.1. The highest BCUT2D eigenvalue weighted by Crippen LogP contribution is 2.38. The van der Waals surface area contributed by atoms with E-state index in [1.807, 2.05) is 0 Å². The van der Waals surface area contributed by atoms with Crippen LogP contribution in [0.4, 0.5) is 0 Å². The lowest BCUT2D eigenvalue weighted by atomic mass is 10.1. The number of ether oxygens (including phenoxy) is 3. The predicted octanol–water partition coefficient (Wildman–Crippen LogP) is 1.53. The topological polar surface area (TPSA) is 77.1 Å². The van der Waals surface area contributed by atoms with Crippen LogP contribution in [0, 0.1) is 0 Å². The Labute approximate surface area is 150 Å². The molecule has 1 saturated heterocycles. The minimum Gasteiger partial charge on any atom is -0.493 e. The van der Waals surface area contributed by atoms with Gasteiger partial charge in [0.15, 0.2) is 16.6 Å². The summed E-state index contributed by atoms with van der Waals surface area (Å²) in [5.74, 6) is 0.180. The number of thiocarbonyl (C=S) groups is 1. The van der Waals surface area contributed by atoms with E-state index in [0.717, 1.165) is 0 Å². The molecule has 7 nitrogen and oxygen atoms in total. The Morgan fingerprint density at radius 3 is 2.24 bits per heavy atom. The smallest absolute Gasteiger partial charge is 0.265 e. The molecule has 2 rings (SSSR count). The third-order valence-electron chi connectivity index (χ3n) is 3.50. The van der Waals surface area contributed by atoms with Crippen LogP contribution in [-0.4, -0.2) is 49.7 Å². The first-order valence-electron chi connectivity index (χ1n) is 7.26. The molecule has 1 aromatic carbocycles. The maximum absolute atomic E-state index is 12.5. The van der Waals surface area contributed by atoms with Crippen LogP contribution in [0.15, 0.2) is 30.4 Å². The van der Waals surface area contributed by atoms with Crippen molar-refractivity contribution in [3.05, 3.63) is 35.9 Å². The summed E-state index contributed by atoms with van der Waals surface area (Å²) in [6.45, 7) is 3.78. The lowest BCUT2D eigenvalue weighted by Crippen LogP contribution is -2.53. The van der Waals surface area contributed by atoms with E-state index in [4.69, 9.17) is 26.4 Å². The van der Waals surface area contributed by atoms with Gasteiger partial charge < -0.3 is 14.2 Å². The van der Waals surface area contributed by atoms with E-state index in [1.54, 1.807) is 12.1 Å². The minimum atomic E-state index is -0.566. The normalized spacial score (nSPS) is 15.9. The Hall–Kier alpha value is -2.87. The average Bonchev–Trinajstić information content (AvgIpc) is 2.61. The molecule has 1 aliphatic rings. The Bertz CT molecular complexity index is 747. The van der Waals surface area contributed by atoms with Gasteiger partial charge in [-0.15, -0.1) is 6.58 Å². The Kier molecular flexibility index (Phi) is 5.76. The van der Waals surface area contributed by atoms with Crippen molar-refractivity contribution >= 4 is 35.2 Å². The number of methoxy groups -OCH3 is 3. The lowest BCUT2D eigenvalue weighted by molar-refractivity contribution is -0.128. The van der Waals surface area contributed by atoms with Gasteiger partial charge in [0.25, 0.3) is 11.8 Å². The zero-order valence-electron chi connectivity index (χ0n) is 14.1. The largest absolute Gasteiger partial charge is 0.493 e. The van der Waals surface area contributed by atoms with Crippen molar-refractivity contribution in [3.8, 4) is 17.2 Å². The molecular formula is C17H18N2O5S. The maximum Gasteiger partial charge on any atom is 0.265 e. The Balaban J connectivity index is 2.51. The Morgan fingerprint density at radius 2 is 1.76 bits per heavy atom. The summed E-state index contributed by atoms with van der Waals surface area (Å²) in [7, 11) is 4.46. The van der Waals surface area contributed by atoms with Crippen molar-refractivity contribution in [2.45, 2.75) is 0 Å². The second-order valence-corrected chi connectivity index (χ2v) is 5.37. The van der Waals surface area contributed by atoms with Gasteiger partial charge in [0.2, 0.25) is 5.75 Å². The molecule has 0 aromatic heterocycles. The summed E-state index contributed by atoms with van der Waals surface area (Å²) in [5.41, 5.74) is 0.490. The summed E-state index contributed by atoms with van der Waals surface area (Å²) >= 11 is 5.02. The van der Waals surface area contributed by atoms with E-state index < -0.39 is 11.8 Å². The van der Waals surface area contributed by atoms with Gasteiger partial charge in [0.05, 0.1) is 21.3 Å². The number of carbonyl (C=O) groups excluding carboxylic acids is 2. The molecule has 1 fully saturated rings. The molecule has 0 saturated carbocycles. The van der Waals surface area contributed by atoms with Crippen molar-refractivity contribution in [3.63, 3.8) is 0 Å². The van der Waals surface area contributed by atoms with E-state index in [-0.39, 0.29) is 17.2 Å². The molecule has 8 heteroatoms. The molecule has 1 heterocycles. The van der Waals surface area contributed by atoms with Crippen molar-refractivity contribution < 1.29 is 23.8 Å². The van der Waals surface area contributed by atoms with Crippen LogP contribution in [0.3, 0.4) is 0 Å². The number of hydrogen-bond donors (Lipinski definition) is 1. The highest BCUT2D eigenvalue weighted by molar-refractivity contribution is 7.80. The van der Waals surface area contributed by atoms with Crippen LogP contribution in [0.2, 0.25) is 0 Å². The fourth-order valence-corrected chi connectivity index (χ4v) is 2.59. The van der Waals surface area contributed by atoms with Gasteiger partial charge in [0.1, 0.15) is 5.57 Å². The van der Waals surface area contributed by atoms with Crippen LogP contribution < -0.4 is 19.5 Å². The molecule has 1 N–H and O–H groups in total. The second kappa shape index (κ2) is 7.80. The summed E-state index contributed by atoms with van der Waals surface area (Å²) in [4.78, 5) is 26.0. The van der Waals surface area contributed by atoms with Gasteiger partial charge in [-0.1, -0.05) is 6.08 Å². The average molecular weight is 362 g/mol. The fraction of sp³-hybridized carbons (Fsp3) is 0.235. The maximum atomic E-state index is 12.5. The molecule has 0 unspecified atom stereocenters. The first-order valence-corrected chi connectivity index (χ1v) is 7.67. The Morgan fingerprint density at radius 1 is 1.16 bits per heavy atom. The quantitative estimate of drug-likeness (QED) is 0.358. The van der Waals surface area contributed by atoms with E-state index in [2.05, 4.69) is 11.9 Å². The van der Waals surface area contributed by atoms with Crippen molar-refractivity contribution in [2.75, 3.05) is 27.9 Å². The number of nitrogens with zero attached hydrogens (tertiary/aromatic N) is 1. The number of benzene rings is 1. The third kappa shape index (κ3) is 3.63.